The minimum atomic E-state index is 0.496. The van der Waals surface area contributed by atoms with Crippen LogP contribution in [0.5, 0.6) is 5.75 Å². The van der Waals surface area contributed by atoms with Crippen molar-refractivity contribution in [2.75, 3.05) is 27.2 Å². The van der Waals surface area contributed by atoms with Crippen LogP contribution in [0.4, 0.5) is 0 Å². The summed E-state index contributed by atoms with van der Waals surface area (Å²) < 4.78 is 5.59. The highest BCUT2D eigenvalue weighted by Crippen LogP contribution is 2.45. The second kappa shape index (κ2) is 5.14. The average molecular weight is 260 g/mol. The van der Waals surface area contributed by atoms with Crippen LogP contribution in [0.15, 0.2) is 18.2 Å². The maximum absolute atomic E-state index is 5.81. The minimum absolute atomic E-state index is 0.496. The number of benzene rings is 1. The van der Waals surface area contributed by atoms with E-state index < -0.39 is 0 Å². The monoisotopic (exact) mass is 260 g/mol. The molecule has 2 aliphatic rings. The number of hydrogen-bond donors (Lipinski definition) is 1. The third kappa shape index (κ3) is 2.49. The van der Waals surface area contributed by atoms with Crippen LogP contribution >= 0.6 is 0 Å². The Balaban J connectivity index is 1.84. The van der Waals surface area contributed by atoms with E-state index in [0.29, 0.717) is 12.0 Å². The molecule has 0 aromatic heterocycles. The van der Waals surface area contributed by atoms with E-state index in [1.807, 2.05) is 0 Å². The molecule has 1 saturated carbocycles. The highest BCUT2D eigenvalue weighted by atomic mass is 16.5. The van der Waals surface area contributed by atoms with Gasteiger partial charge in [-0.05, 0) is 61.9 Å². The Morgan fingerprint density at radius 1 is 1.37 bits per heavy atom. The minimum Gasteiger partial charge on any atom is -0.496 e. The molecule has 3 rings (SSSR count). The van der Waals surface area contributed by atoms with Gasteiger partial charge in [0.15, 0.2) is 0 Å². The van der Waals surface area contributed by atoms with Crippen LogP contribution in [0.25, 0.3) is 0 Å². The van der Waals surface area contributed by atoms with E-state index in [-0.39, 0.29) is 0 Å². The van der Waals surface area contributed by atoms with Gasteiger partial charge in [0.1, 0.15) is 5.75 Å². The molecule has 0 radical (unpaired) electrons. The van der Waals surface area contributed by atoms with Crippen molar-refractivity contribution in [3.05, 3.63) is 29.3 Å². The molecule has 1 aromatic carbocycles. The summed E-state index contributed by atoms with van der Waals surface area (Å²) in [7, 11) is 3.98. The first-order chi connectivity index (χ1) is 9.22. The lowest BCUT2D eigenvalue weighted by atomic mass is 9.97. The summed E-state index contributed by atoms with van der Waals surface area (Å²) in [5.41, 5.74) is 8.58. The first-order valence-corrected chi connectivity index (χ1v) is 7.31. The van der Waals surface area contributed by atoms with Gasteiger partial charge in [0.05, 0.1) is 7.11 Å². The van der Waals surface area contributed by atoms with Gasteiger partial charge in [0, 0.05) is 12.6 Å². The lowest BCUT2D eigenvalue weighted by Gasteiger charge is -2.21. The van der Waals surface area contributed by atoms with Gasteiger partial charge in [-0.3, -0.25) is 4.90 Å². The van der Waals surface area contributed by atoms with Crippen molar-refractivity contribution < 1.29 is 4.74 Å². The van der Waals surface area contributed by atoms with Crippen molar-refractivity contribution in [1.82, 2.24) is 4.90 Å². The Bertz CT molecular complexity index is 456. The van der Waals surface area contributed by atoms with Gasteiger partial charge < -0.3 is 10.5 Å². The van der Waals surface area contributed by atoms with Crippen molar-refractivity contribution in [3.63, 3.8) is 0 Å². The van der Waals surface area contributed by atoms with Gasteiger partial charge in [0.2, 0.25) is 0 Å². The normalized spacial score (nSPS) is 27.7. The molecule has 2 fully saturated rings. The number of nitrogens with two attached hydrogens (primary N) is 1. The van der Waals surface area contributed by atoms with Crippen LogP contribution in [0.3, 0.4) is 0 Å². The standard InChI is InChI=1S/C16H24N2O/c1-18-10-11(9-17)7-15(18)13-5-6-14(12-3-4-12)16(8-13)19-2/h5-6,8,11-12,15H,3-4,7,9-10,17H2,1-2H3. The van der Waals surface area contributed by atoms with E-state index >= 15 is 0 Å². The molecule has 2 unspecified atom stereocenters. The molecule has 1 aliphatic carbocycles. The van der Waals surface area contributed by atoms with Crippen molar-refractivity contribution in [1.29, 1.82) is 0 Å². The number of likely N-dealkylation sites (tertiary alicyclic amines) is 1. The fourth-order valence-electron chi connectivity index (χ4n) is 3.33. The second-order valence-corrected chi connectivity index (χ2v) is 6.07. The molecule has 3 nitrogen and oxygen atoms in total. The zero-order valence-corrected chi connectivity index (χ0v) is 11.9. The second-order valence-electron chi connectivity index (χ2n) is 6.07. The molecule has 0 amide bonds. The van der Waals surface area contributed by atoms with E-state index in [4.69, 9.17) is 10.5 Å². The summed E-state index contributed by atoms with van der Waals surface area (Å²) in [4.78, 5) is 2.42. The molecule has 104 valence electrons. The van der Waals surface area contributed by atoms with Gasteiger partial charge in [-0.25, -0.2) is 0 Å². The van der Waals surface area contributed by atoms with E-state index in [1.165, 1.54) is 30.4 Å². The maximum atomic E-state index is 5.81. The molecule has 0 spiro atoms. The Kier molecular flexibility index (Phi) is 3.50. The van der Waals surface area contributed by atoms with Crippen molar-refractivity contribution in [3.8, 4) is 5.75 Å². The summed E-state index contributed by atoms with van der Waals surface area (Å²) in [6.45, 7) is 1.89. The molecule has 2 N–H and O–H groups in total. The zero-order chi connectivity index (χ0) is 13.4. The zero-order valence-electron chi connectivity index (χ0n) is 11.9. The maximum Gasteiger partial charge on any atom is 0.122 e. The summed E-state index contributed by atoms with van der Waals surface area (Å²) >= 11 is 0. The highest BCUT2D eigenvalue weighted by Gasteiger charge is 2.31. The van der Waals surface area contributed by atoms with Gasteiger partial charge in [-0.2, -0.15) is 0 Å². The van der Waals surface area contributed by atoms with Crippen LogP contribution in [-0.4, -0.2) is 32.1 Å². The van der Waals surface area contributed by atoms with E-state index in [1.54, 1.807) is 7.11 Å². The van der Waals surface area contributed by atoms with E-state index in [9.17, 15) is 0 Å². The van der Waals surface area contributed by atoms with Crippen LogP contribution in [-0.2, 0) is 0 Å². The third-order valence-electron chi connectivity index (χ3n) is 4.63. The molecule has 19 heavy (non-hydrogen) atoms. The Labute approximate surface area is 115 Å². The Morgan fingerprint density at radius 3 is 2.74 bits per heavy atom. The Hall–Kier alpha value is -1.06. The smallest absolute Gasteiger partial charge is 0.122 e. The van der Waals surface area contributed by atoms with Gasteiger partial charge >= 0.3 is 0 Å². The first-order valence-electron chi connectivity index (χ1n) is 7.31. The molecule has 0 bridgehead atoms. The van der Waals surface area contributed by atoms with Crippen molar-refractivity contribution >= 4 is 0 Å². The molecule has 1 heterocycles. The van der Waals surface area contributed by atoms with Crippen LogP contribution in [0.2, 0.25) is 0 Å². The van der Waals surface area contributed by atoms with Crippen LogP contribution < -0.4 is 10.5 Å². The fourth-order valence-corrected chi connectivity index (χ4v) is 3.33. The summed E-state index contributed by atoms with van der Waals surface area (Å²) in [5, 5.41) is 0. The van der Waals surface area contributed by atoms with E-state index in [0.717, 1.165) is 24.8 Å². The van der Waals surface area contributed by atoms with Crippen molar-refractivity contribution in [2.45, 2.75) is 31.2 Å². The topological polar surface area (TPSA) is 38.5 Å². The average Bonchev–Trinajstić information content (AvgIpc) is 3.21. The molecule has 1 saturated heterocycles. The molecule has 3 heteroatoms. The molecule has 1 aliphatic heterocycles. The number of ether oxygens (including phenoxy) is 1. The predicted octanol–water partition coefficient (Wildman–Crippen LogP) is 2.52. The molecular weight excluding hydrogens is 236 g/mol. The number of methoxy groups -OCH3 is 1. The lowest BCUT2D eigenvalue weighted by Crippen LogP contribution is -2.20. The fraction of sp³-hybridized carbons (Fsp3) is 0.625. The summed E-state index contributed by atoms with van der Waals surface area (Å²) in [6.07, 6.45) is 3.79. The van der Waals surface area contributed by atoms with E-state index in [2.05, 4.69) is 30.1 Å². The highest BCUT2D eigenvalue weighted by molar-refractivity contribution is 5.43. The molecular formula is C16H24N2O. The number of rotatable bonds is 4. The third-order valence-corrected chi connectivity index (χ3v) is 4.63. The summed E-state index contributed by atoms with van der Waals surface area (Å²) in [6, 6.07) is 7.30. The Morgan fingerprint density at radius 2 is 2.16 bits per heavy atom. The predicted molar refractivity (Wildman–Crippen MR) is 77.5 cm³/mol. The first kappa shape index (κ1) is 12.9. The van der Waals surface area contributed by atoms with Gasteiger partial charge in [0.25, 0.3) is 0 Å². The van der Waals surface area contributed by atoms with Gasteiger partial charge in [-0.15, -0.1) is 0 Å². The molecule has 2 atom stereocenters. The number of nitrogens with zero attached hydrogens (tertiary/aromatic N) is 1. The molecule has 1 aromatic rings. The summed E-state index contributed by atoms with van der Waals surface area (Å²) in [5.74, 6) is 2.44. The van der Waals surface area contributed by atoms with Gasteiger partial charge in [-0.1, -0.05) is 12.1 Å². The SMILES string of the molecule is COc1cc(C2CC(CN)CN2C)ccc1C1CC1. The van der Waals surface area contributed by atoms with Crippen LogP contribution in [0, 0.1) is 5.92 Å². The largest absolute Gasteiger partial charge is 0.496 e. The quantitative estimate of drug-likeness (QED) is 0.904. The number of hydrogen-bond acceptors (Lipinski definition) is 3. The lowest BCUT2D eigenvalue weighted by molar-refractivity contribution is 0.312. The van der Waals surface area contributed by atoms with Crippen LogP contribution in [0.1, 0.15) is 42.3 Å². The van der Waals surface area contributed by atoms with Crippen molar-refractivity contribution in [2.24, 2.45) is 11.7 Å².